The second-order valence-corrected chi connectivity index (χ2v) is 5.88. The van der Waals surface area contributed by atoms with Crippen molar-refractivity contribution < 1.29 is 19.0 Å². The van der Waals surface area contributed by atoms with Crippen LogP contribution in [-0.4, -0.2) is 24.4 Å². The SMILES string of the molecule is COc1ccc2cc(C(=O)NCc3ccc4c(c3)OCO4)n(C)c2c1. The van der Waals surface area contributed by atoms with Crippen LogP contribution in [0.2, 0.25) is 0 Å². The summed E-state index contributed by atoms with van der Waals surface area (Å²) in [7, 11) is 3.50. The van der Waals surface area contributed by atoms with Gasteiger partial charge in [0.1, 0.15) is 11.4 Å². The maximum Gasteiger partial charge on any atom is 0.268 e. The first-order valence-electron chi connectivity index (χ1n) is 7.96. The zero-order valence-corrected chi connectivity index (χ0v) is 14.0. The average molecular weight is 338 g/mol. The van der Waals surface area contributed by atoms with E-state index in [9.17, 15) is 4.79 Å². The Hall–Kier alpha value is -3.15. The molecule has 25 heavy (non-hydrogen) atoms. The molecule has 6 heteroatoms. The first-order valence-corrected chi connectivity index (χ1v) is 7.96. The van der Waals surface area contributed by atoms with Gasteiger partial charge in [-0.25, -0.2) is 0 Å². The van der Waals surface area contributed by atoms with Gasteiger partial charge in [-0.1, -0.05) is 6.07 Å². The van der Waals surface area contributed by atoms with Crippen molar-refractivity contribution >= 4 is 16.8 Å². The van der Waals surface area contributed by atoms with Crippen LogP contribution in [0.3, 0.4) is 0 Å². The summed E-state index contributed by atoms with van der Waals surface area (Å²) in [5, 5.41) is 3.95. The van der Waals surface area contributed by atoms with Gasteiger partial charge in [-0.05, 0) is 35.9 Å². The molecule has 3 aromatic rings. The average Bonchev–Trinajstić information content (AvgIpc) is 3.23. The number of amides is 1. The molecule has 1 aliphatic heterocycles. The summed E-state index contributed by atoms with van der Waals surface area (Å²) in [6, 6.07) is 13.3. The number of nitrogens with one attached hydrogen (secondary N) is 1. The van der Waals surface area contributed by atoms with Gasteiger partial charge in [0.25, 0.3) is 5.91 Å². The van der Waals surface area contributed by atoms with E-state index >= 15 is 0 Å². The third kappa shape index (κ3) is 2.76. The van der Waals surface area contributed by atoms with Gasteiger partial charge in [0.15, 0.2) is 11.5 Å². The molecule has 0 atom stereocenters. The highest BCUT2D eigenvalue weighted by atomic mass is 16.7. The highest BCUT2D eigenvalue weighted by Gasteiger charge is 2.16. The van der Waals surface area contributed by atoms with Gasteiger partial charge in [0, 0.05) is 25.0 Å². The van der Waals surface area contributed by atoms with Crippen molar-refractivity contribution in [3.05, 3.63) is 53.7 Å². The molecular weight excluding hydrogens is 320 g/mol. The number of hydrogen-bond acceptors (Lipinski definition) is 4. The molecular formula is C19H18N2O4. The van der Waals surface area contributed by atoms with Crippen LogP contribution in [0.1, 0.15) is 16.1 Å². The van der Waals surface area contributed by atoms with Crippen molar-refractivity contribution in [1.82, 2.24) is 9.88 Å². The Kier molecular flexibility index (Phi) is 3.72. The number of benzene rings is 2. The van der Waals surface area contributed by atoms with Gasteiger partial charge < -0.3 is 24.1 Å². The molecule has 0 fully saturated rings. The number of hydrogen-bond donors (Lipinski definition) is 1. The normalized spacial score (nSPS) is 12.4. The number of carbonyl (C=O) groups excluding carboxylic acids is 1. The minimum atomic E-state index is -0.129. The summed E-state index contributed by atoms with van der Waals surface area (Å²) in [6.45, 7) is 0.658. The lowest BCUT2D eigenvalue weighted by Crippen LogP contribution is -2.24. The quantitative estimate of drug-likeness (QED) is 0.795. The third-order valence-corrected chi connectivity index (χ3v) is 4.38. The van der Waals surface area contributed by atoms with Crippen molar-refractivity contribution in [3.8, 4) is 17.2 Å². The van der Waals surface area contributed by atoms with E-state index in [-0.39, 0.29) is 12.7 Å². The van der Waals surface area contributed by atoms with Crippen LogP contribution in [0, 0.1) is 0 Å². The summed E-state index contributed by atoms with van der Waals surface area (Å²) in [6.07, 6.45) is 0. The maximum absolute atomic E-state index is 12.6. The van der Waals surface area contributed by atoms with Crippen LogP contribution in [0.15, 0.2) is 42.5 Å². The molecule has 0 saturated carbocycles. The van der Waals surface area contributed by atoms with Crippen LogP contribution in [-0.2, 0) is 13.6 Å². The number of aromatic nitrogens is 1. The van der Waals surface area contributed by atoms with E-state index in [1.165, 1.54) is 0 Å². The van der Waals surface area contributed by atoms with E-state index in [2.05, 4.69) is 5.32 Å². The molecule has 1 amide bonds. The maximum atomic E-state index is 12.6. The molecule has 0 saturated heterocycles. The van der Waals surface area contributed by atoms with Crippen molar-refractivity contribution in [2.75, 3.05) is 13.9 Å². The van der Waals surface area contributed by atoms with Crippen LogP contribution in [0.5, 0.6) is 17.2 Å². The van der Waals surface area contributed by atoms with Crippen molar-refractivity contribution in [1.29, 1.82) is 0 Å². The number of nitrogens with zero attached hydrogens (tertiary/aromatic N) is 1. The summed E-state index contributed by atoms with van der Waals surface area (Å²) >= 11 is 0. The molecule has 2 heterocycles. The molecule has 6 nitrogen and oxygen atoms in total. The first-order chi connectivity index (χ1) is 12.2. The van der Waals surface area contributed by atoms with E-state index in [0.717, 1.165) is 28.0 Å². The number of aryl methyl sites for hydroxylation is 1. The predicted octanol–water partition coefficient (Wildman–Crippen LogP) is 2.85. The van der Waals surface area contributed by atoms with Crippen LogP contribution in [0.25, 0.3) is 10.9 Å². The third-order valence-electron chi connectivity index (χ3n) is 4.38. The van der Waals surface area contributed by atoms with Crippen LogP contribution in [0.4, 0.5) is 0 Å². The molecule has 2 aromatic carbocycles. The Bertz CT molecular complexity index is 961. The zero-order valence-electron chi connectivity index (χ0n) is 14.0. The number of methoxy groups -OCH3 is 1. The first kappa shape index (κ1) is 15.4. The van der Waals surface area contributed by atoms with Gasteiger partial charge in [0.05, 0.1) is 12.6 Å². The van der Waals surface area contributed by atoms with E-state index in [1.807, 2.05) is 54.1 Å². The molecule has 0 aliphatic carbocycles. The Balaban J connectivity index is 1.53. The molecule has 0 bridgehead atoms. The van der Waals surface area contributed by atoms with Crippen molar-refractivity contribution in [3.63, 3.8) is 0 Å². The van der Waals surface area contributed by atoms with Crippen LogP contribution >= 0.6 is 0 Å². The summed E-state index contributed by atoms with van der Waals surface area (Å²) in [5.41, 5.74) is 2.51. The molecule has 1 aliphatic rings. The van der Waals surface area contributed by atoms with Crippen molar-refractivity contribution in [2.45, 2.75) is 6.54 Å². The fraction of sp³-hybridized carbons (Fsp3) is 0.211. The molecule has 1 aromatic heterocycles. The Morgan fingerprint density at radius 1 is 1.16 bits per heavy atom. The molecule has 1 N–H and O–H groups in total. The number of ether oxygens (including phenoxy) is 3. The zero-order chi connectivity index (χ0) is 17.4. The molecule has 0 unspecified atom stereocenters. The monoisotopic (exact) mass is 338 g/mol. The lowest BCUT2D eigenvalue weighted by molar-refractivity contribution is 0.0943. The second-order valence-electron chi connectivity index (χ2n) is 5.88. The molecule has 128 valence electrons. The van der Waals surface area contributed by atoms with Gasteiger partial charge >= 0.3 is 0 Å². The number of carbonyl (C=O) groups is 1. The van der Waals surface area contributed by atoms with E-state index < -0.39 is 0 Å². The largest absolute Gasteiger partial charge is 0.497 e. The standard InChI is InChI=1S/C19H18N2O4/c1-21-15-9-14(23-2)5-4-13(15)8-16(21)19(22)20-10-12-3-6-17-18(7-12)25-11-24-17/h3-9H,10-11H2,1-2H3,(H,20,22). The Morgan fingerprint density at radius 2 is 2.00 bits per heavy atom. The lowest BCUT2D eigenvalue weighted by Gasteiger charge is -2.08. The number of fused-ring (bicyclic) bond motifs is 2. The van der Waals surface area contributed by atoms with Gasteiger partial charge in [0.2, 0.25) is 6.79 Å². The van der Waals surface area contributed by atoms with Gasteiger partial charge in [-0.15, -0.1) is 0 Å². The highest BCUT2D eigenvalue weighted by Crippen LogP contribution is 2.32. The topological polar surface area (TPSA) is 61.7 Å². The fourth-order valence-electron chi connectivity index (χ4n) is 2.98. The molecule has 4 rings (SSSR count). The van der Waals surface area contributed by atoms with Crippen LogP contribution < -0.4 is 19.5 Å². The summed E-state index contributed by atoms with van der Waals surface area (Å²) in [5.74, 6) is 2.08. The fourth-order valence-corrected chi connectivity index (χ4v) is 2.98. The number of rotatable bonds is 4. The minimum absolute atomic E-state index is 0.129. The summed E-state index contributed by atoms with van der Waals surface area (Å²) in [4.78, 5) is 12.6. The highest BCUT2D eigenvalue weighted by molar-refractivity contribution is 5.99. The molecule has 0 spiro atoms. The lowest BCUT2D eigenvalue weighted by atomic mass is 10.2. The molecule has 0 radical (unpaired) electrons. The Labute approximate surface area is 144 Å². The van der Waals surface area contributed by atoms with Crippen molar-refractivity contribution in [2.24, 2.45) is 7.05 Å². The van der Waals surface area contributed by atoms with E-state index in [0.29, 0.717) is 18.0 Å². The predicted molar refractivity (Wildman–Crippen MR) is 93.2 cm³/mol. The second kappa shape index (κ2) is 6.05. The Morgan fingerprint density at radius 3 is 2.84 bits per heavy atom. The summed E-state index contributed by atoms with van der Waals surface area (Å²) < 4.78 is 17.8. The van der Waals surface area contributed by atoms with Gasteiger partial charge in [-0.3, -0.25) is 4.79 Å². The van der Waals surface area contributed by atoms with E-state index in [4.69, 9.17) is 14.2 Å². The minimum Gasteiger partial charge on any atom is -0.497 e. The van der Waals surface area contributed by atoms with Gasteiger partial charge in [-0.2, -0.15) is 0 Å². The smallest absolute Gasteiger partial charge is 0.268 e. The van der Waals surface area contributed by atoms with E-state index in [1.54, 1.807) is 7.11 Å².